The molecule has 324 valence electrons. The van der Waals surface area contributed by atoms with Crippen molar-refractivity contribution in [1.29, 1.82) is 0 Å². The number of carboxylic acid groups (broad SMARTS) is 4. The van der Waals surface area contributed by atoms with Crippen LogP contribution >= 0.6 is 0 Å². The molecule has 8 nitrogen and oxygen atoms in total. The van der Waals surface area contributed by atoms with E-state index in [2.05, 4.69) is 0 Å². The van der Waals surface area contributed by atoms with Gasteiger partial charge in [-0.1, -0.05) is 239 Å². The molecule has 0 aromatic rings. The highest BCUT2D eigenvalue weighted by atomic mass is 16.4. The number of rotatable bonds is 4. The van der Waals surface area contributed by atoms with Gasteiger partial charge in [0, 0.05) is 23.9 Å². The van der Waals surface area contributed by atoms with Crippen molar-refractivity contribution in [3.63, 3.8) is 0 Å². The van der Waals surface area contributed by atoms with E-state index in [4.69, 9.17) is 0 Å². The topological polar surface area (TPSA) is 161 Å². The van der Waals surface area contributed by atoms with Gasteiger partial charge in [-0.05, 0) is 25.7 Å². The van der Waals surface area contributed by atoms with Gasteiger partial charge in [-0.2, -0.15) is 0 Å². The summed E-state index contributed by atoms with van der Waals surface area (Å²) >= 11 is 0. The van der Waals surface area contributed by atoms with E-state index >= 15 is 0 Å². The Bertz CT molecular complexity index is 448. The molecule has 0 saturated heterocycles. The van der Waals surface area contributed by atoms with Crippen LogP contribution in [0.15, 0.2) is 0 Å². The predicted molar refractivity (Wildman–Crippen MR) is 222 cm³/mol. The van der Waals surface area contributed by atoms with E-state index < -0.39 is 23.9 Å². The summed E-state index contributed by atoms with van der Waals surface area (Å²) in [6.07, 6.45) is 33.4. The molecule has 4 fully saturated rings. The molecule has 0 aromatic carbocycles. The average molecular weight is 753 g/mol. The van der Waals surface area contributed by atoms with Crippen LogP contribution in [0, 0.1) is 0 Å². The molecule has 0 aromatic heterocycles. The zero-order valence-electron chi connectivity index (χ0n) is 35.7. The van der Waals surface area contributed by atoms with Crippen LogP contribution in [0.5, 0.6) is 0 Å². The molecule has 4 saturated carbocycles. The van der Waals surface area contributed by atoms with Crippen LogP contribution in [0.2, 0.25) is 0 Å². The molecule has 0 heterocycles. The summed E-state index contributed by atoms with van der Waals surface area (Å²) in [5.74, 6) is -3.98. The van der Waals surface area contributed by atoms with Crippen molar-refractivity contribution in [2.45, 2.75) is 265 Å². The lowest BCUT2D eigenvalue weighted by Crippen LogP contribution is -2.20. The Balaban J connectivity index is -0.0000000469. The minimum atomic E-state index is -0.995. The SMILES string of the molecule is C.C.C1CCCC1.C1CCCC1.C1CCCCC1.C1CCCCC1.CC.CC.CC.CC.CCC(=O)[O-].CCC(=O)[O-].CCC(=O)[O-].CCC(=O)[O-]. The standard InChI is InChI=1S/2C6H12.2C5H10.4C3H6O2.4C2H6.2CH4/c2*1-2-4-6-5-3-1;2*1-2-4-5-3-1;4*1-2-3(4)5;4*1-2;;/h2*1-6H2;2*1-5H2;4*2H2,1H3,(H,4,5);4*1-2H3;2*1H4/p-4. The van der Waals surface area contributed by atoms with Crippen LogP contribution in [-0.2, 0) is 19.2 Å². The van der Waals surface area contributed by atoms with E-state index in [0.717, 1.165) is 0 Å². The van der Waals surface area contributed by atoms with Gasteiger partial charge in [0.1, 0.15) is 0 Å². The maximum absolute atomic E-state index is 9.26. The van der Waals surface area contributed by atoms with Crippen LogP contribution in [-0.4, -0.2) is 23.9 Å². The van der Waals surface area contributed by atoms with Gasteiger partial charge in [0.05, 0.1) is 0 Å². The van der Waals surface area contributed by atoms with E-state index in [1.165, 1.54) is 169 Å². The summed E-state index contributed by atoms with van der Waals surface area (Å²) < 4.78 is 0. The second kappa shape index (κ2) is 87.0. The van der Waals surface area contributed by atoms with E-state index in [0.29, 0.717) is 0 Å². The predicted octanol–water partition coefficient (Wildman–Crippen LogP) is 10.5. The molecule has 4 aliphatic rings. The first-order valence-electron chi connectivity index (χ1n) is 20.9. The van der Waals surface area contributed by atoms with Crippen molar-refractivity contribution in [2.75, 3.05) is 0 Å². The van der Waals surface area contributed by atoms with Crippen molar-refractivity contribution < 1.29 is 39.6 Å². The van der Waals surface area contributed by atoms with E-state index in [-0.39, 0.29) is 40.5 Å². The van der Waals surface area contributed by atoms with Gasteiger partial charge in [0.2, 0.25) is 0 Å². The largest absolute Gasteiger partial charge is 0.550 e. The molecule has 0 radical (unpaired) electrons. The fourth-order valence-electron chi connectivity index (χ4n) is 3.89. The summed E-state index contributed by atoms with van der Waals surface area (Å²) in [4.78, 5) is 37.0. The lowest BCUT2D eigenvalue weighted by atomic mass is 10.0. The zero-order chi connectivity index (χ0) is 40.7. The molecular weight excluding hydrogens is 656 g/mol. The monoisotopic (exact) mass is 753 g/mol. The van der Waals surface area contributed by atoms with Crippen molar-refractivity contribution in [3.8, 4) is 0 Å². The first-order valence-corrected chi connectivity index (χ1v) is 20.9. The molecule has 0 unspecified atom stereocenters. The first-order chi connectivity index (χ1) is 24.1. The number of carboxylic acids is 4. The molecule has 0 aliphatic heterocycles. The highest BCUT2D eigenvalue weighted by Crippen LogP contribution is 2.16. The molecule has 8 heteroatoms. The fourth-order valence-corrected chi connectivity index (χ4v) is 3.89. The van der Waals surface area contributed by atoms with Gasteiger partial charge in [-0.25, -0.2) is 0 Å². The van der Waals surface area contributed by atoms with Gasteiger partial charge >= 0.3 is 0 Å². The highest BCUT2D eigenvalue weighted by Gasteiger charge is 1.97. The number of carbonyl (C=O) groups is 4. The maximum atomic E-state index is 9.26. The third-order valence-electron chi connectivity index (χ3n) is 6.65. The fraction of sp³-hybridized carbons (Fsp3) is 0.909. The van der Waals surface area contributed by atoms with Gasteiger partial charge < -0.3 is 39.6 Å². The summed E-state index contributed by atoms with van der Waals surface area (Å²) in [6, 6.07) is 0. The van der Waals surface area contributed by atoms with Gasteiger partial charge in [-0.15, -0.1) is 0 Å². The van der Waals surface area contributed by atoms with Crippen LogP contribution in [0.1, 0.15) is 265 Å². The first kappa shape index (κ1) is 74.9. The smallest absolute Gasteiger partial charge is 0.0411 e. The molecule has 0 atom stereocenters. The Hall–Kier alpha value is -2.12. The normalized spacial score (nSPS) is 13.5. The Kier molecular flexibility index (Phi) is 125. The second-order valence-electron chi connectivity index (χ2n) is 10.7. The van der Waals surface area contributed by atoms with Crippen molar-refractivity contribution in [1.82, 2.24) is 0 Å². The molecular formula is C44H96O8-4. The van der Waals surface area contributed by atoms with Gasteiger partial charge in [0.25, 0.3) is 0 Å². The van der Waals surface area contributed by atoms with E-state index in [1.807, 2.05) is 55.4 Å². The average Bonchev–Trinajstić information content (AvgIpc) is 3.99. The minimum Gasteiger partial charge on any atom is -0.550 e. The van der Waals surface area contributed by atoms with E-state index in [9.17, 15) is 39.6 Å². The second-order valence-corrected chi connectivity index (χ2v) is 10.7. The minimum absolute atomic E-state index is 0. The Morgan fingerprint density at radius 2 is 0.308 bits per heavy atom. The molecule has 52 heavy (non-hydrogen) atoms. The summed E-state index contributed by atoms with van der Waals surface area (Å²) in [7, 11) is 0. The Labute approximate surface area is 327 Å². The summed E-state index contributed by atoms with van der Waals surface area (Å²) in [5.41, 5.74) is 0. The third-order valence-corrected chi connectivity index (χ3v) is 6.65. The molecule has 0 bridgehead atoms. The van der Waals surface area contributed by atoms with Crippen LogP contribution in [0.4, 0.5) is 0 Å². The van der Waals surface area contributed by atoms with Crippen molar-refractivity contribution in [3.05, 3.63) is 0 Å². The molecule has 4 rings (SSSR count). The Morgan fingerprint density at radius 1 is 0.269 bits per heavy atom. The molecule has 0 amide bonds. The van der Waals surface area contributed by atoms with Crippen LogP contribution < -0.4 is 20.4 Å². The number of hydrogen-bond donors (Lipinski definition) is 0. The zero-order valence-corrected chi connectivity index (χ0v) is 35.7. The van der Waals surface area contributed by atoms with Crippen LogP contribution in [0.3, 0.4) is 0 Å². The summed E-state index contributed by atoms with van der Waals surface area (Å²) in [6.45, 7) is 22.1. The quantitative estimate of drug-likeness (QED) is 0.274. The molecule has 0 N–H and O–H groups in total. The van der Waals surface area contributed by atoms with Crippen LogP contribution in [0.25, 0.3) is 0 Å². The Morgan fingerprint density at radius 3 is 0.327 bits per heavy atom. The van der Waals surface area contributed by atoms with Crippen molar-refractivity contribution >= 4 is 23.9 Å². The lowest BCUT2D eigenvalue weighted by molar-refractivity contribution is -0.306. The summed E-state index contributed by atoms with van der Waals surface area (Å²) in [5, 5.41) is 37.0. The molecule has 4 aliphatic carbocycles. The number of carbonyl (C=O) groups excluding carboxylic acids is 4. The van der Waals surface area contributed by atoms with E-state index in [1.54, 1.807) is 0 Å². The van der Waals surface area contributed by atoms with Gasteiger partial charge in [-0.3, -0.25) is 0 Å². The van der Waals surface area contributed by atoms with Gasteiger partial charge in [0.15, 0.2) is 0 Å². The molecule has 0 spiro atoms. The highest BCUT2D eigenvalue weighted by molar-refractivity contribution is 5.64. The van der Waals surface area contributed by atoms with Crippen molar-refractivity contribution in [2.24, 2.45) is 0 Å². The number of hydrogen-bond acceptors (Lipinski definition) is 8. The lowest BCUT2D eigenvalue weighted by Gasteiger charge is -2.05. The number of aliphatic carboxylic acids is 4. The third kappa shape index (κ3) is 135. The maximum Gasteiger partial charge on any atom is 0.0411 e.